The van der Waals surface area contributed by atoms with Gasteiger partial charge in [-0.1, -0.05) is 31.6 Å². The monoisotopic (exact) mass is 286 g/mol. The molecule has 106 valence electrons. The van der Waals surface area contributed by atoms with Gasteiger partial charge < -0.3 is 10.4 Å². The number of aryl methyl sites for hydroxylation is 1. The third kappa shape index (κ3) is 5.64. The highest BCUT2D eigenvalue weighted by Crippen LogP contribution is 2.15. The minimum absolute atomic E-state index is 0.0857. The van der Waals surface area contributed by atoms with Crippen LogP contribution in [0.5, 0.6) is 0 Å². The third-order valence-electron chi connectivity index (χ3n) is 2.38. The summed E-state index contributed by atoms with van der Waals surface area (Å²) in [5.74, 6) is -0.928. The Morgan fingerprint density at radius 2 is 2.11 bits per heavy atom. The molecule has 0 spiro atoms. The molecule has 7 nitrogen and oxygen atoms in total. The largest absolute Gasteiger partial charge is 0.481 e. The lowest BCUT2D eigenvalue weighted by molar-refractivity contribution is -0.137. The molecule has 2 amide bonds. The van der Waals surface area contributed by atoms with Crippen molar-refractivity contribution < 1.29 is 14.7 Å². The van der Waals surface area contributed by atoms with E-state index in [2.05, 4.69) is 20.8 Å². The zero-order valence-corrected chi connectivity index (χ0v) is 11.8. The number of aliphatic carboxylic acids is 1. The molecular formula is C11H18N4O3S. The molecule has 8 heteroatoms. The van der Waals surface area contributed by atoms with Gasteiger partial charge in [-0.2, -0.15) is 0 Å². The summed E-state index contributed by atoms with van der Waals surface area (Å²) in [6.45, 7) is 3.89. The predicted molar refractivity (Wildman–Crippen MR) is 72.4 cm³/mol. The second-order valence-corrected chi connectivity index (χ2v) is 5.10. The van der Waals surface area contributed by atoms with Crippen LogP contribution in [0, 0.1) is 0 Å². The van der Waals surface area contributed by atoms with Gasteiger partial charge in [0.05, 0.1) is 6.42 Å². The number of hydrogen-bond acceptors (Lipinski definition) is 5. The van der Waals surface area contributed by atoms with E-state index in [0.717, 1.165) is 17.8 Å². The molecular weight excluding hydrogens is 268 g/mol. The van der Waals surface area contributed by atoms with E-state index in [1.807, 2.05) is 13.8 Å². The average Bonchev–Trinajstić information content (AvgIpc) is 2.75. The number of aromatic nitrogens is 2. The Bertz CT molecular complexity index is 435. The molecule has 0 fully saturated rings. The van der Waals surface area contributed by atoms with Crippen LogP contribution in [0.4, 0.5) is 9.93 Å². The maximum atomic E-state index is 11.7. The number of urea groups is 1. The van der Waals surface area contributed by atoms with Crippen LogP contribution >= 0.6 is 11.3 Å². The van der Waals surface area contributed by atoms with Crippen LogP contribution in [0.25, 0.3) is 0 Å². The maximum absolute atomic E-state index is 11.7. The zero-order chi connectivity index (χ0) is 14.3. The standard InChI is InChI=1S/C11H18N4O3S/c1-3-5-7(6-9(16)17)12-10(18)13-11-15-14-8(4-2)19-11/h7H,3-6H2,1-2H3,(H,16,17)(H2,12,13,15,18). The highest BCUT2D eigenvalue weighted by atomic mass is 32.1. The maximum Gasteiger partial charge on any atom is 0.321 e. The van der Waals surface area contributed by atoms with Crippen LogP contribution in [0.3, 0.4) is 0 Å². The molecule has 0 aliphatic rings. The quantitative estimate of drug-likeness (QED) is 0.709. The highest BCUT2D eigenvalue weighted by Gasteiger charge is 2.16. The van der Waals surface area contributed by atoms with E-state index in [-0.39, 0.29) is 12.5 Å². The molecule has 1 unspecified atom stereocenters. The van der Waals surface area contributed by atoms with Gasteiger partial charge in [0, 0.05) is 6.04 Å². The van der Waals surface area contributed by atoms with Gasteiger partial charge in [-0.25, -0.2) is 4.79 Å². The SMILES string of the molecule is CCCC(CC(=O)O)NC(=O)Nc1nnc(CC)s1. The predicted octanol–water partition coefficient (Wildman–Crippen LogP) is 1.87. The molecule has 0 bridgehead atoms. The number of amides is 2. The Morgan fingerprint density at radius 3 is 2.63 bits per heavy atom. The van der Waals surface area contributed by atoms with E-state index >= 15 is 0 Å². The zero-order valence-electron chi connectivity index (χ0n) is 11.0. The van der Waals surface area contributed by atoms with Crippen LogP contribution in [0.1, 0.15) is 38.1 Å². The first-order valence-electron chi connectivity index (χ1n) is 6.16. The topological polar surface area (TPSA) is 104 Å². The number of carbonyl (C=O) groups is 2. The van der Waals surface area contributed by atoms with Gasteiger partial charge in [-0.15, -0.1) is 10.2 Å². The van der Waals surface area contributed by atoms with E-state index in [1.165, 1.54) is 11.3 Å². The average molecular weight is 286 g/mol. The molecule has 0 saturated heterocycles. The molecule has 0 aliphatic heterocycles. The molecule has 0 aromatic carbocycles. The van der Waals surface area contributed by atoms with E-state index in [0.29, 0.717) is 11.6 Å². The molecule has 0 radical (unpaired) electrons. The molecule has 1 heterocycles. The summed E-state index contributed by atoms with van der Waals surface area (Å²) >= 11 is 1.31. The van der Waals surface area contributed by atoms with Gasteiger partial charge >= 0.3 is 12.0 Å². The van der Waals surface area contributed by atoms with Gasteiger partial charge in [0.25, 0.3) is 0 Å². The van der Waals surface area contributed by atoms with Crippen molar-refractivity contribution >= 4 is 28.5 Å². The first-order valence-corrected chi connectivity index (χ1v) is 6.98. The number of nitrogens with zero attached hydrogens (tertiary/aromatic N) is 2. The van der Waals surface area contributed by atoms with Crippen molar-refractivity contribution in [2.45, 2.75) is 45.6 Å². The van der Waals surface area contributed by atoms with E-state index in [9.17, 15) is 9.59 Å². The van der Waals surface area contributed by atoms with Crippen LogP contribution in [-0.2, 0) is 11.2 Å². The van der Waals surface area contributed by atoms with Crippen LogP contribution in [0.2, 0.25) is 0 Å². The molecule has 1 aromatic heterocycles. The fourth-order valence-corrected chi connectivity index (χ4v) is 2.22. The summed E-state index contributed by atoms with van der Waals surface area (Å²) in [5.41, 5.74) is 0. The smallest absolute Gasteiger partial charge is 0.321 e. The van der Waals surface area contributed by atoms with Crippen LogP contribution in [-0.4, -0.2) is 33.3 Å². The Morgan fingerprint density at radius 1 is 1.37 bits per heavy atom. The number of carboxylic acid groups (broad SMARTS) is 1. The third-order valence-corrected chi connectivity index (χ3v) is 3.37. The Hall–Kier alpha value is -1.70. The summed E-state index contributed by atoms with van der Waals surface area (Å²) < 4.78 is 0. The van der Waals surface area contributed by atoms with Crippen molar-refractivity contribution in [3.05, 3.63) is 5.01 Å². The van der Waals surface area contributed by atoms with Gasteiger partial charge in [-0.3, -0.25) is 10.1 Å². The lowest BCUT2D eigenvalue weighted by Crippen LogP contribution is -2.39. The van der Waals surface area contributed by atoms with E-state index in [1.54, 1.807) is 0 Å². The van der Waals surface area contributed by atoms with E-state index in [4.69, 9.17) is 5.11 Å². The number of anilines is 1. The van der Waals surface area contributed by atoms with Gasteiger partial charge in [-0.05, 0) is 12.8 Å². The minimum atomic E-state index is -0.928. The number of rotatable bonds is 7. The summed E-state index contributed by atoms with van der Waals surface area (Å²) in [7, 11) is 0. The number of hydrogen-bond donors (Lipinski definition) is 3. The van der Waals surface area contributed by atoms with Gasteiger partial charge in [0.2, 0.25) is 5.13 Å². The second-order valence-electron chi connectivity index (χ2n) is 4.04. The molecule has 1 atom stereocenters. The lowest BCUT2D eigenvalue weighted by atomic mass is 10.1. The Labute approximate surface area is 115 Å². The van der Waals surface area contributed by atoms with E-state index < -0.39 is 12.0 Å². The first kappa shape index (κ1) is 15.4. The normalized spacial score (nSPS) is 11.9. The van der Waals surface area contributed by atoms with Crippen molar-refractivity contribution in [3.8, 4) is 0 Å². The minimum Gasteiger partial charge on any atom is -0.481 e. The summed E-state index contributed by atoms with van der Waals surface area (Å²) in [6.07, 6.45) is 2.10. The van der Waals surface area contributed by atoms with Crippen molar-refractivity contribution in [1.29, 1.82) is 0 Å². The van der Waals surface area contributed by atoms with Crippen LogP contribution in [0.15, 0.2) is 0 Å². The molecule has 0 aliphatic carbocycles. The second kappa shape index (κ2) is 7.67. The summed E-state index contributed by atoms with van der Waals surface area (Å²) in [5, 5.41) is 22.9. The molecule has 1 rings (SSSR count). The number of carbonyl (C=O) groups excluding carboxylic acids is 1. The molecule has 1 aromatic rings. The Kier molecular flexibility index (Phi) is 6.20. The summed E-state index contributed by atoms with van der Waals surface area (Å²) in [6, 6.07) is -0.820. The molecule has 19 heavy (non-hydrogen) atoms. The molecule has 0 saturated carbocycles. The Balaban J connectivity index is 2.49. The van der Waals surface area contributed by atoms with Crippen molar-refractivity contribution in [2.24, 2.45) is 0 Å². The lowest BCUT2D eigenvalue weighted by Gasteiger charge is -2.15. The number of carboxylic acids is 1. The van der Waals surface area contributed by atoms with Crippen molar-refractivity contribution in [2.75, 3.05) is 5.32 Å². The highest BCUT2D eigenvalue weighted by molar-refractivity contribution is 7.15. The van der Waals surface area contributed by atoms with Crippen molar-refractivity contribution in [1.82, 2.24) is 15.5 Å². The van der Waals surface area contributed by atoms with Crippen LogP contribution < -0.4 is 10.6 Å². The fraction of sp³-hybridized carbons (Fsp3) is 0.636. The fourth-order valence-electron chi connectivity index (χ4n) is 1.55. The number of nitrogens with one attached hydrogen (secondary N) is 2. The van der Waals surface area contributed by atoms with Crippen molar-refractivity contribution in [3.63, 3.8) is 0 Å². The first-order chi connectivity index (χ1) is 9.05. The summed E-state index contributed by atoms with van der Waals surface area (Å²) in [4.78, 5) is 22.4. The molecule has 3 N–H and O–H groups in total. The van der Waals surface area contributed by atoms with Gasteiger partial charge in [0.1, 0.15) is 5.01 Å². The van der Waals surface area contributed by atoms with Gasteiger partial charge in [0.15, 0.2) is 0 Å².